The van der Waals surface area contributed by atoms with E-state index >= 15 is 0 Å². The molecule has 0 bridgehead atoms. The van der Waals surface area contributed by atoms with E-state index in [1.165, 1.54) is 0 Å². The first-order valence-electron chi connectivity index (χ1n) is 5.40. The monoisotopic (exact) mass is 269 g/mol. The lowest BCUT2D eigenvalue weighted by Crippen LogP contribution is -2.59. The predicted octanol–water partition coefficient (Wildman–Crippen LogP) is 1.83. The van der Waals surface area contributed by atoms with Crippen LogP contribution in [0.3, 0.4) is 0 Å². The molecule has 0 spiro atoms. The largest absolute Gasteiger partial charge is 0.479 e. The molecule has 1 amide bonds. The summed E-state index contributed by atoms with van der Waals surface area (Å²) in [7, 11) is 0. The number of ether oxygens (including phenoxy) is 1. The molecular formula is C12H12ClNO4. The number of aliphatic carboxylic acids is 1. The van der Waals surface area contributed by atoms with Crippen molar-refractivity contribution in [1.82, 2.24) is 0 Å². The van der Waals surface area contributed by atoms with Crippen molar-refractivity contribution in [3.63, 3.8) is 0 Å². The fourth-order valence-electron chi connectivity index (χ4n) is 1.79. The summed E-state index contributed by atoms with van der Waals surface area (Å²) in [5, 5.41) is 12.0. The second-order valence-corrected chi connectivity index (χ2v) is 4.64. The highest BCUT2D eigenvalue weighted by Gasteiger charge is 2.53. The molecule has 0 aromatic heterocycles. The summed E-state index contributed by atoms with van der Waals surface area (Å²) in [6.07, 6.45) is 0.174. The van der Waals surface area contributed by atoms with Crippen LogP contribution in [-0.4, -0.2) is 29.2 Å². The Morgan fingerprint density at radius 2 is 2.11 bits per heavy atom. The third kappa shape index (κ3) is 2.19. The number of carbonyl (C=O) groups is 2. The first kappa shape index (κ1) is 12.9. The van der Waals surface area contributed by atoms with Crippen LogP contribution in [0.25, 0.3) is 0 Å². The van der Waals surface area contributed by atoms with Crippen molar-refractivity contribution >= 4 is 29.2 Å². The van der Waals surface area contributed by atoms with Gasteiger partial charge in [0.2, 0.25) is 5.60 Å². The van der Waals surface area contributed by atoms with E-state index in [0.717, 1.165) is 5.56 Å². The normalized spacial score (nSPS) is 22.1. The van der Waals surface area contributed by atoms with Gasteiger partial charge >= 0.3 is 5.97 Å². The number of hydrogen-bond acceptors (Lipinski definition) is 3. The summed E-state index contributed by atoms with van der Waals surface area (Å²) >= 11 is 5.86. The average molecular weight is 270 g/mol. The van der Waals surface area contributed by atoms with Gasteiger partial charge in [0.1, 0.15) is 0 Å². The number of benzene rings is 1. The molecule has 0 aliphatic carbocycles. The van der Waals surface area contributed by atoms with Gasteiger partial charge in [-0.05, 0) is 30.7 Å². The van der Waals surface area contributed by atoms with Crippen LogP contribution in [0.4, 0.5) is 5.69 Å². The lowest BCUT2D eigenvalue weighted by atomic mass is 9.93. The SMILES string of the molecule is Cc1cc(Cl)cc(NC(=O)C2(C(=O)O)CCO2)c1. The molecule has 18 heavy (non-hydrogen) atoms. The lowest BCUT2D eigenvalue weighted by Gasteiger charge is -2.35. The molecule has 1 aromatic rings. The number of hydrogen-bond donors (Lipinski definition) is 2. The second-order valence-electron chi connectivity index (χ2n) is 4.20. The minimum atomic E-state index is -1.75. The van der Waals surface area contributed by atoms with Gasteiger partial charge in [0.25, 0.3) is 5.91 Å². The van der Waals surface area contributed by atoms with E-state index in [1.807, 2.05) is 6.92 Å². The number of aryl methyl sites for hydroxylation is 1. The number of carbonyl (C=O) groups excluding carboxylic acids is 1. The maximum Gasteiger partial charge on any atom is 0.346 e. The maximum atomic E-state index is 11.9. The van der Waals surface area contributed by atoms with E-state index in [4.69, 9.17) is 21.4 Å². The molecule has 6 heteroatoms. The Bertz CT molecular complexity index is 491. The van der Waals surface area contributed by atoms with Gasteiger partial charge in [0, 0.05) is 17.1 Å². The van der Waals surface area contributed by atoms with Gasteiger partial charge < -0.3 is 15.2 Å². The molecule has 1 aliphatic rings. The number of amides is 1. The van der Waals surface area contributed by atoms with Crippen LogP contribution < -0.4 is 5.32 Å². The Labute approximate surface area is 109 Å². The molecule has 1 saturated heterocycles. The molecule has 1 heterocycles. The molecule has 1 aliphatic heterocycles. The van der Waals surface area contributed by atoms with Crippen LogP contribution in [0, 0.1) is 6.92 Å². The van der Waals surface area contributed by atoms with E-state index in [1.54, 1.807) is 18.2 Å². The Hall–Kier alpha value is -1.59. The molecular weight excluding hydrogens is 258 g/mol. The van der Waals surface area contributed by atoms with E-state index in [0.29, 0.717) is 10.7 Å². The van der Waals surface area contributed by atoms with Crippen molar-refractivity contribution in [2.75, 3.05) is 11.9 Å². The third-order valence-electron chi connectivity index (χ3n) is 2.81. The van der Waals surface area contributed by atoms with Crippen molar-refractivity contribution in [2.45, 2.75) is 18.9 Å². The van der Waals surface area contributed by atoms with Crippen LogP contribution in [0.2, 0.25) is 5.02 Å². The van der Waals surface area contributed by atoms with Crippen molar-refractivity contribution < 1.29 is 19.4 Å². The number of nitrogens with one attached hydrogen (secondary N) is 1. The van der Waals surface area contributed by atoms with Gasteiger partial charge in [0.05, 0.1) is 6.61 Å². The standard InChI is InChI=1S/C12H12ClNO4/c1-7-4-8(13)6-9(5-7)14-10(15)12(11(16)17)2-3-18-12/h4-6H,2-3H2,1H3,(H,14,15)(H,16,17). The fourth-order valence-corrected chi connectivity index (χ4v) is 2.08. The van der Waals surface area contributed by atoms with Crippen LogP contribution in [0.5, 0.6) is 0 Å². The molecule has 2 N–H and O–H groups in total. The third-order valence-corrected chi connectivity index (χ3v) is 3.03. The van der Waals surface area contributed by atoms with Gasteiger partial charge in [-0.25, -0.2) is 4.79 Å². The maximum absolute atomic E-state index is 11.9. The summed E-state index contributed by atoms with van der Waals surface area (Å²) in [5.74, 6) is -1.95. The van der Waals surface area contributed by atoms with Gasteiger partial charge in [-0.1, -0.05) is 11.6 Å². The van der Waals surface area contributed by atoms with Gasteiger partial charge in [-0.3, -0.25) is 4.79 Å². The molecule has 0 radical (unpaired) electrons. The summed E-state index contributed by atoms with van der Waals surface area (Å²) in [4.78, 5) is 23.0. The number of halogens is 1. The first-order chi connectivity index (χ1) is 8.44. The van der Waals surface area contributed by atoms with Crippen LogP contribution in [-0.2, 0) is 14.3 Å². The number of anilines is 1. The van der Waals surface area contributed by atoms with Crippen LogP contribution in [0.15, 0.2) is 18.2 Å². The number of rotatable bonds is 3. The van der Waals surface area contributed by atoms with Gasteiger partial charge in [-0.15, -0.1) is 0 Å². The zero-order valence-corrected chi connectivity index (χ0v) is 10.5. The van der Waals surface area contributed by atoms with Crippen LogP contribution in [0.1, 0.15) is 12.0 Å². The molecule has 1 aromatic carbocycles. The number of carboxylic acid groups (broad SMARTS) is 1. The highest BCUT2D eigenvalue weighted by atomic mass is 35.5. The van der Waals surface area contributed by atoms with E-state index in [-0.39, 0.29) is 13.0 Å². The van der Waals surface area contributed by atoms with Crippen molar-refractivity contribution in [3.8, 4) is 0 Å². The molecule has 1 fully saturated rings. The first-order valence-corrected chi connectivity index (χ1v) is 5.78. The molecule has 2 rings (SSSR count). The minimum Gasteiger partial charge on any atom is -0.479 e. The van der Waals surface area contributed by atoms with Crippen molar-refractivity contribution in [1.29, 1.82) is 0 Å². The second kappa shape index (κ2) is 4.59. The van der Waals surface area contributed by atoms with Crippen molar-refractivity contribution in [3.05, 3.63) is 28.8 Å². The Morgan fingerprint density at radius 3 is 2.56 bits per heavy atom. The summed E-state index contributed by atoms with van der Waals surface area (Å²) < 4.78 is 4.93. The zero-order chi connectivity index (χ0) is 13.3. The summed E-state index contributed by atoms with van der Waals surface area (Å²) in [5.41, 5.74) is -0.422. The molecule has 5 nitrogen and oxygen atoms in total. The van der Waals surface area contributed by atoms with E-state index in [9.17, 15) is 9.59 Å². The molecule has 96 valence electrons. The highest BCUT2D eigenvalue weighted by Crippen LogP contribution is 2.29. The summed E-state index contributed by atoms with van der Waals surface area (Å²) in [6, 6.07) is 5.00. The fraction of sp³-hybridized carbons (Fsp3) is 0.333. The zero-order valence-electron chi connectivity index (χ0n) is 9.70. The lowest BCUT2D eigenvalue weighted by molar-refractivity contribution is -0.194. The Kier molecular flexibility index (Phi) is 3.28. The summed E-state index contributed by atoms with van der Waals surface area (Å²) in [6.45, 7) is 2.10. The van der Waals surface area contributed by atoms with Gasteiger partial charge in [-0.2, -0.15) is 0 Å². The minimum absolute atomic E-state index is 0.174. The highest BCUT2D eigenvalue weighted by molar-refractivity contribution is 6.31. The smallest absolute Gasteiger partial charge is 0.346 e. The predicted molar refractivity (Wildman–Crippen MR) is 65.8 cm³/mol. The van der Waals surface area contributed by atoms with Crippen molar-refractivity contribution in [2.24, 2.45) is 0 Å². The van der Waals surface area contributed by atoms with E-state index < -0.39 is 17.5 Å². The average Bonchev–Trinajstić information content (AvgIpc) is 2.11. The van der Waals surface area contributed by atoms with E-state index in [2.05, 4.69) is 5.32 Å². The van der Waals surface area contributed by atoms with Crippen LogP contribution >= 0.6 is 11.6 Å². The topological polar surface area (TPSA) is 75.6 Å². The Balaban J connectivity index is 2.18. The number of carboxylic acids is 1. The van der Waals surface area contributed by atoms with Gasteiger partial charge in [0.15, 0.2) is 0 Å². The quantitative estimate of drug-likeness (QED) is 0.821. The molecule has 1 atom stereocenters. The molecule has 0 saturated carbocycles. The Morgan fingerprint density at radius 1 is 1.44 bits per heavy atom. The molecule has 1 unspecified atom stereocenters.